The maximum Gasteiger partial charge on any atom is 0.167 e. The first-order valence-electron chi connectivity index (χ1n) is 10.1. The highest BCUT2D eigenvalue weighted by Crippen LogP contribution is 2.37. The van der Waals surface area contributed by atoms with Crippen LogP contribution in [0.5, 0.6) is 11.5 Å². The molecule has 0 saturated carbocycles. The number of methoxy groups -OCH3 is 1. The van der Waals surface area contributed by atoms with Gasteiger partial charge in [-0.25, -0.2) is 4.39 Å². The van der Waals surface area contributed by atoms with E-state index in [2.05, 4.69) is 52.4 Å². The number of aryl methyl sites for hydroxylation is 1. The summed E-state index contributed by atoms with van der Waals surface area (Å²) >= 11 is 3.65. The molecule has 158 valence electrons. The van der Waals surface area contributed by atoms with Crippen LogP contribution in [0.1, 0.15) is 30.0 Å². The fraction of sp³-hybridized carbons (Fsp3) is 0.280. The van der Waals surface area contributed by atoms with E-state index in [1.54, 1.807) is 19.2 Å². The first-order chi connectivity index (χ1) is 14.6. The number of nitrogens with one attached hydrogen (secondary N) is 1. The largest absolute Gasteiger partial charge is 0.493 e. The van der Waals surface area contributed by atoms with Crippen molar-refractivity contribution in [3.05, 3.63) is 93.7 Å². The van der Waals surface area contributed by atoms with Gasteiger partial charge in [-0.15, -0.1) is 0 Å². The van der Waals surface area contributed by atoms with E-state index in [0.29, 0.717) is 30.7 Å². The lowest BCUT2D eigenvalue weighted by Gasteiger charge is -2.19. The van der Waals surface area contributed by atoms with Crippen molar-refractivity contribution in [2.24, 2.45) is 0 Å². The minimum absolute atomic E-state index is 0.256. The van der Waals surface area contributed by atoms with Crippen LogP contribution < -0.4 is 14.8 Å². The van der Waals surface area contributed by atoms with Gasteiger partial charge in [0, 0.05) is 22.6 Å². The molecule has 3 nitrogen and oxygen atoms in total. The van der Waals surface area contributed by atoms with Gasteiger partial charge in [0.1, 0.15) is 12.4 Å². The van der Waals surface area contributed by atoms with E-state index in [1.165, 1.54) is 17.7 Å². The maximum atomic E-state index is 13.2. The Morgan fingerprint density at radius 3 is 2.40 bits per heavy atom. The second kappa shape index (κ2) is 11.1. The topological polar surface area (TPSA) is 30.5 Å². The first-order valence-corrected chi connectivity index (χ1v) is 10.9. The van der Waals surface area contributed by atoms with Gasteiger partial charge in [0.05, 0.1) is 7.11 Å². The molecule has 0 aliphatic carbocycles. The van der Waals surface area contributed by atoms with Crippen molar-refractivity contribution in [2.75, 3.05) is 7.11 Å². The summed E-state index contributed by atoms with van der Waals surface area (Å²) in [4.78, 5) is 0. The Morgan fingerprint density at radius 2 is 1.70 bits per heavy atom. The van der Waals surface area contributed by atoms with Crippen LogP contribution in [0.2, 0.25) is 0 Å². The van der Waals surface area contributed by atoms with Crippen molar-refractivity contribution >= 4 is 15.9 Å². The molecule has 30 heavy (non-hydrogen) atoms. The highest BCUT2D eigenvalue weighted by atomic mass is 79.9. The van der Waals surface area contributed by atoms with Crippen molar-refractivity contribution < 1.29 is 13.9 Å². The molecule has 0 aromatic heterocycles. The monoisotopic (exact) mass is 471 g/mol. The van der Waals surface area contributed by atoms with Gasteiger partial charge >= 0.3 is 0 Å². The molecule has 3 aromatic carbocycles. The molecule has 0 bridgehead atoms. The Morgan fingerprint density at radius 1 is 0.967 bits per heavy atom. The minimum Gasteiger partial charge on any atom is -0.493 e. The van der Waals surface area contributed by atoms with Crippen molar-refractivity contribution in [1.82, 2.24) is 5.32 Å². The summed E-state index contributed by atoms with van der Waals surface area (Å²) in [5.41, 5.74) is 3.24. The predicted octanol–water partition coefficient (Wildman–Crippen LogP) is 6.29. The van der Waals surface area contributed by atoms with Crippen LogP contribution in [0, 0.1) is 5.82 Å². The van der Waals surface area contributed by atoms with Crippen LogP contribution in [0.25, 0.3) is 0 Å². The van der Waals surface area contributed by atoms with E-state index < -0.39 is 0 Å². The minimum atomic E-state index is -0.256. The average Bonchev–Trinajstić information content (AvgIpc) is 2.77. The SMILES string of the molecule is COc1ccc(Br)c(CNC(C)CCc2ccccc2)c1OCc1ccc(F)cc1. The summed E-state index contributed by atoms with van der Waals surface area (Å²) in [5.74, 6) is 1.11. The summed E-state index contributed by atoms with van der Waals surface area (Å²) in [6, 6.07) is 21.0. The number of ether oxygens (including phenoxy) is 2. The number of rotatable bonds is 10. The predicted molar refractivity (Wildman–Crippen MR) is 122 cm³/mol. The molecule has 3 aromatic rings. The molecule has 0 fully saturated rings. The van der Waals surface area contributed by atoms with Crippen LogP contribution in [0.4, 0.5) is 4.39 Å². The molecule has 0 saturated heterocycles. The Hall–Kier alpha value is -2.37. The van der Waals surface area contributed by atoms with Crippen molar-refractivity contribution in [3.63, 3.8) is 0 Å². The zero-order valence-electron chi connectivity index (χ0n) is 17.3. The molecule has 1 unspecified atom stereocenters. The zero-order chi connectivity index (χ0) is 21.3. The quantitative estimate of drug-likeness (QED) is 0.377. The Bertz CT molecular complexity index is 932. The van der Waals surface area contributed by atoms with Gasteiger partial charge in [-0.05, 0) is 55.2 Å². The average molecular weight is 472 g/mol. The maximum absolute atomic E-state index is 13.2. The number of benzene rings is 3. The molecule has 1 N–H and O–H groups in total. The van der Waals surface area contributed by atoms with Gasteiger partial charge in [-0.3, -0.25) is 0 Å². The fourth-order valence-electron chi connectivity index (χ4n) is 3.21. The summed E-state index contributed by atoms with van der Waals surface area (Å²) in [6.45, 7) is 3.17. The Kier molecular flexibility index (Phi) is 8.29. The third kappa shape index (κ3) is 6.31. The molecular weight excluding hydrogens is 445 g/mol. The third-order valence-corrected chi connectivity index (χ3v) is 5.76. The van der Waals surface area contributed by atoms with Crippen LogP contribution in [-0.2, 0) is 19.6 Å². The standard InChI is InChI=1S/C25H27BrFNO2/c1-18(8-9-19-6-4-3-5-7-19)28-16-22-23(26)14-15-24(29-2)25(22)30-17-20-10-12-21(27)13-11-20/h3-7,10-15,18,28H,8-9,16-17H2,1-2H3. The summed E-state index contributed by atoms with van der Waals surface area (Å²) in [7, 11) is 1.63. The van der Waals surface area contributed by atoms with E-state index in [4.69, 9.17) is 9.47 Å². The second-order valence-electron chi connectivity index (χ2n) is 7.28. The van der Waals surface area contributed by atoms with E-state index >= 15 is 0 Å². The lowest BCUT2D eigenvalue weighted by atomic mass is 10.1. The molecule has 0 spiro atoms. The summed E-state index contributed by atoms with van der Waals surface area (Å²) in [6.07, 6.45) is 2.07. The van der Waals surface area contributed by atoms with Gasteiger partial charge in [0.2, 0.25) is 0 Å². The van der Waals surface area contributed by atoms with Crippen LogP contribution in [0.3, 0.4) is 0 Å². The number of halogens is 2. The van der Waals surface area contributed by atoms with E-state index in [9.17, 15) is 4.39 Å². The van der Waals surface area contributed by atoms with Crippen molar-refractivity contribution in [3.8, 4) is 11.5 Å². The summed E-state index contributed by atoms with van der Waals surface area (Å²) < 4.78 is 25.8. The molecule has 1 atom stereocenters. The summed E-state index contributed by atoms with van der Waals surface area (Å²) in [5, 5.41) is 3.59. The zero-order valence-corrected chi connectivity index (χ0v) is 18.9. The van der Waals surface area contributed by atoms with E-state index in [-0.39, 0.29) is 5.82 Å². The fourth-order valence-corrected chi connectivity index (χ4v) is 3.66. The van der Waals surface area contributed by atoms with Crippen LogP contribution in [-0.4, -0.2) is 13.2 Å². The lowest BCUT2D eigenvalue weighted by Crippen LogP contribution is -2.26. The van der Waals surface area contributed by atoms with Gasteiger partial charge < -0.3 is 14.8 Å². The molecule has 3 rings (SSSR count). The lowest BCUT2D eigenvalue weighted by molar-refractivity contribution is 0.279. The van der Waals surface area contributed by atoms with Crippen molar-refractivity contribution in [1.29, 1.82) is 0 Å². The molecule has 0 aliphatic rings. The van der Waals surface area contributed by atoms with Crippen LogP contribution >= 0.6 is 15.9 Å². The number of hydrogen-bond acceptors (Lipinski definition) is 3. The van der Waals surface area contributed by atoms with E-state index in [1.807, 2.05) is 18.2 Å². The number of hydrogen-bond donors (Lipinski definition) is 1. The molecular formula is C25H27BrFNO2. The normalized spacial score (nSPS) is 11.9. The molecule has 0 heterocycles. The molecule has 0 radical (unpaired) electrons. The Labute approximate surface area is 186 Å². The van der Waals surface area contributed by atoms with Gasteiger partial charge in [0.25, 0.3) is 0 Å². The highest BCUT2D eigenvalue weighted by molar-refractivity contribution is 9.10. The van der Waals surface area contributed by atoms with Gasteiger partial charge in [-0.1, -0.05) is 58.4 Å². The van der Waals surface area contributed by atoms with Gasteiger partial charge in [-0.2, -0.15) is 0 Å². The second-order valence-corrected chi connectivity index (χ2v) is 8.13. The molecule has 0 aliphatic heterocycles. The Balaban J connectivity index is 1.66. The van der Waals surface area contributed by atoms with E-state index in [0.717, 1.165) is 28.4 Å². The van der Waals surface area contributed by atoms with Gasteiger partial charge in [0.15, 0.2) is 11.5 Å². The smallest absolute Gasteiger partial charge is 0.167 e. The van der Waals surface area contributed by atoms with Crippen LogP contribution in [0.15, 0.2) is 71.2 Å². The third-order valence-electron chi connectivity index (χ3n) is 5.02. The molecule has 0 amide bonds. The highest BCUT2D eigenvalue weighted by Gasteiger charge is 2.16. The molecule has 5 heteroatoms. The van der Waals surface area contributed by atoms with Crippen molar-refractivity contribution in [2.45, 2.75) is 39.0 Å². The first kappa shape index (κ1) is 22.3.